The second-order valence-electron chi connectivity index (χ2n) is 8.89. The number of benzene rings is 2. The predicted molar refractivity (Wildman–Crippen MR) is 121 cm³/mol. The number of Topliss-reactive ketones (excluding diaryl/α,β-unsaturated/α-hetero) is 1. The van der Waals surface area contributed by atoms with Crippen LogP contribution in [-0.2, 0) is 14.3 Å². The van der Waals surface area contributed by atoms with Gasteiger partial charge in [-0.25, -0.2) is 9.18 Å². The number of hydrogen-bond acceptors (Lipinski definition) is 5. The summed E-state index contributed by atoms with van der Waals surface area (Å²) in [5, 5.41) is 0.541. The van der Waals surface area contributed by atoms with Crippen LogP contribution in [0.5, 0.6) is 0 Å². The van der Waals surface area contributed by atoms with Crippen molar-refractivity contribution in [2.75, 3.05) is 12.0 Å². The Morgan fingerprint density at radius 3 is 2.34 bits per heavy atom. The van der Waals surface area contributed by atoms with Crippen LogP contribution < -0.4 is 10.6 Å². The van der Waals surface area contributed by atoms with E-state index in [-0.39, 0.29) is 22.6 Å². The molecule has 7 heteroatoms. The number of ether oxygens (including phenoxy) is 1. The fourth-order valence-corrected chi connectivity index (χ4v) is 4.72. The van der Waals surface area contributed by atoms with Gasteiger partial charge in [0.15, 0.2) is 5.78 Å². The van der Waals surface area contributed by atoms with Crippen molar-refractivity contribution in [1.29, 1.82) is 0 Å². The lowest BCUT2D eigenvalue weighted by Gasteiger charge is -2.44. The number of carbonyl (C=O) groups excluding carboxylic acids is 2. The maximum atomic E-state index is 13.6. The Labute approximate surface area is 191 Å². The SMILES string of the molecule is COC(=O)C1=C(N)N(c2ccc(F)cc2)C2=C(C(=O)CC(C)(C)C2)C1c1ccc(Cl)cc1. The van der Waals surface area contributed by atoms with E-state index in [0.717, 1.165) is 5.56 Å². The van der Waals surface area contributed by atoms with Crippen LogP contribution in [0, 0.1) is 11.2 Å². The van der Waals surface area contributed by atoms with Crippen LogP contribution in [-0.4, -0.2) is 18.9 Å². The predicted octanol–water partition coefficient (Wildman–Crippen LogP) is 5.07. The van der Waals surface area contributed by atoms with E-state index in [1.54, 1.807) is 41.3 Å². The maximum Gasteiger partial charge on any atom is 0.338 e. The van der Waals surface area contributed by atoms with Gasteiger partial charge in [0.2, 0.25) is 0 Å². The van der Waals surface area contributed by atoms with E-state index in [1.807, 2.05) is 13.8 Å². The molecule has 1 aliphatic carbocycles. The molecule has 1 aliphatic heterocycles. The molecule has 2 aromatic rings. The van der Waals surface area contributed by atoms with Crippen molar-refractivity contribution in [1.82, 2.24) is 0 Å². The molecule has 5 nitrogen and oxygen atoms in total. The Bertz CT molecular complexity index is 1150. The standard InChI is InChI=1S/C25H24ClFN2O3/c1-25(2)12-18-21(19(30)13-25)20(14-4-6-15(26)7-5-14)22(24(31)32-3)23(28)29(18)17-10-8-16(27)9-11-17/h4-11,20H,12-13,28H2,1-3H3. The van der Waals surface area contributed by atoms with Gasteiger partial charge < -0.3 is 10.5 Å². The van der Waals surface area contributed by atoms with Crippen molar-refractivity contribution >= 4 is 29.0 Å². The lowest BCUT2D eigenvalue weighted by molar-refractivity contribution is -0.136. The summed E-state index contributed by atoms with van der Waals surface area (Å²) >= 11 is 6.08. The number of nitrogens with zero attached hydrogens (tertiary/aromatic N) is 1. The van der Waals surface area contributed by atoms with Crippen LogP contribution >= 0.6 is 11.6 Å². The first-order valence-electron chi connectivity index (χ1n) is 10.3. The van der Waals surface area contributed by atoms with Gasteiger partial charge in [-0.15, -0.1) is 0 Å². The van der Waals surface area contributed by atoms with Crippen LogP contribution in [0.25, 0.3) is 0 Å². The van der Waals surface area contributed by atoms with Crippen molar-refractivity contribution < 1.29 is 18.7 Å². The monoisotopic (exact) mass is 454 g/mol. The third kappa shape index (κ3) is 3.79. The summed E-state index contributed by atoms with van der Waals surface area (Å²) in [4.78, 5) is 28.2. The molecule has 2 aliphatic rings. The van der Waals surface area contributed by atoms with Gasteiger partial charge in [-0.3, -0.25) is 9.69 Å². The molecule has 0 saturated carbocycles. The number of hydrogen-bond donors (Lipinski definition) is 1. The molecule has 0 amide bonds. The number of ketones is 1. The number of anilines is 1. The summed E-state index contributed by atoms with van der Waals surface area (Å²) in [6, 6.07) is 12.8. The largest absolute Gasteiger partial charge is 0.466 e. The zero-order valence-corrected chi connectivity index (χ0v) is 18.9. The Balaban J connectivity index is 2.02. The van der Waals surface area contributed by atoms with E-state index < -0.39 is 17.7 Å². The number of rotatable bonds is 3. The Kier molecular flexibility index (Phi) is 5.59. The van der Waals surface area contributed by atoms with Crippen LogP contribution in [0.1, 0.15) is 38.2 Å². The van der Waals surface area contributed by atoms with Crippen molar-refractivity contribution in [3.05, 3.63) is 87.6 Å². The number of methoxy groups -OCH3 is 1. The van der Waals surface area contributed by atoms with E-state index >= 15 is 0 Å². The van der Waals surface area contributed by atoms with Crippen LogP contribution in [0.4, 0.5) is 10.1 Å². The number of esters is 1. The third-order valence-corrected chi connectivity index (χ3v) is 6.21. The van der Waals surface area contributed by atoms with Crippen molar-refractivity contribution in [2.45, 2.75) is 32.6 Å². The fourth-order valence-electron chi connectivity index (χ4n) is 4.59. The molecule has 0 spiro atoms. The lowest BCUT2D eigenvalue weighted by atomic mass is 9.68. The number of carbonyl (C=O) groups is 2. The molecule has 2 N–H and O–H groups in total. The lowest BCUT2D eigenvalue weighted by Crippen LogP contribution is -2.43. The first-order chi connectivity index (χ1) is 15.1. The van der Waals surface area contributed by atoms with E-state index in [9.17, 15) is 14.0 Å². The average Bonchev–Trinajstić information content (AvgIpc) is 2.73. The highest BCUT2D eigenvalue weighted by molar-refractivity contribution is 6.30. The Hall–Kier alpha value is -3.12. The van der Waals surface area contributed by atoms with Crippen molar-refractivity contribution in [3.63, 3.8) is 0 Å². The fraction of sp³-hybridized carbons (Fsp3) is 0.280. The first kappa shape index (κ1) is 22.1. The van der Waals surface area contributed by atoms with E-state index in [4.69, 9.17) is 22.1 Å². The number of allylic oxidation sites excluding steroid dienone is 2. The minimum absolute atomic E-state index is 0.0581. The van der Waals surface area contributed by atoms with Gasteiger partial charge in [-0.1, -0.05) is 37.6 Å². The summed E-state index contributed by atoms with van der Waals surface area (Å²) in [5.41, 5.74) is 8.98. The van der Waals surface area contributed by atoms with E-state index in [2.05, 4.69) is 0 Å². The quantitative estimate of drug-likeness (QED) is 0.655. The van der Waals surface area contributed by atoms with Gasteiger partial charge in [0.25, 0.3) is 0 Å². The molecule has 0 aromatic heterocycles. The zero-order chi connectivity index (χ0) is 23.2. The van der Waals surface area contributed by atoms with Gasteiger partial charge in [0.05, 0.1) is 18.6 Å². The van der Waals surface area contributed by atoms with Gasteiger partial charge in [0, 0.05) is 28.4 Å². The second-order valence-corrected chi connectivity index (χ2v) is 9.32. The second kappa shape index (κ2) is 8.10. The first-order valence-corrected chi connectivity index (χ1v) is 10.7. The summed E-state index contributed by atoms with van der Waals surface area (Å²) in [7, 11) is 1.28. The molecular weight excluding hydrogens is 431 g/mol. The highest BCUT2D eigenvalue weighted by Crippen LogP contribution is 2.50. The molecule has 1 heterocycles. The Morgan fingerprint density at radius 2 is 1.75 bits per heavy atom. The van der Waals surface area contributed by atoms with E-state index in [0.29, 0.717) is 34.8 Å². The molecule has 0 radical (unpaired) electrons. The molecule has 1 unspecified atom stereocenters. The molecule has 0 bridgehead atoms. The molecule has 0 fully saturated rings. The minimum atomic E-state index is -0.685. The van der Waals surface area contributed by atoms with Crippen LogP contribution in [0.2, 0.25) is 5.02 Å². The minimum Gasteiger partial charge on any atom is -0.466 e. The smallest absolute Gasteiger partial charge is 0.338 e. The Morgan fingerprint density at radius 1 is 1.12 bits per heavy atom. The number of halogens is 2. The molecule has 2 aromatic carbocycles. The highest BCUT2D eigenvalue weighted by atomic mass is 35.5. The molecule has 4 rings (SSSR count). The zero-order valence-electron chi connectivity index (χ0n) is 18.1. The topological polar surface area (TPSA) is 72.6 Å². The summed E-state index contributed by atoms with van der Waals surface area (Å²) in [6.07, 6.45) is 0.895. The average molecular weight is 455 g/mol. The van der Waals surface area contributed by atoms with Crippen molar-refractivity contribution in [2.24, 2.45) is 11.1 Å². The van der Waals surface area contributed by atoms with E-state index in [1.165, 1.54) is 19.2 Å². The van der Waals surface area contributed by atoms with Gasteiger partial charge >= 0.3 is 5.97 Å². The molecule has 0 saturated heterocycles. The van der Waals surface area contributed by atoms with Crippen molar-refractivity contribution in [3.8, 4) is 0 Å². The number of nitrogens with two attached hydrogens (primary N) is 1. The summed E-state index contributed by atoms with van der Waals surface area (Å²) < 4.78 is 18.7. The van der Waals surface area contributed by atoms with Gasteiger partial charge in [-0.2, -0.15) is 0 Å². The van der Waals surface area contributed by atoms with Gasteiger partial charge in [-0.05, 0) is 53.8 Å². The summed E-state index contributed by atoms with van der Waals surface area (Å²) in [5.74, 6) is -1.60. The van der Waals surface area contributed by atoms with Crippen LogP contribution in [0.15, 0.2) is 71.2 Å². The summed E-state index contributed by atoms with van der Waals surface area (Å²) in [6.45, 7) is 4.04. The van der Waals surface area contributed by atoms with Gasteiger partial charge in [0.1, 0.15) is 11.6 Å². The molecule has 1 atom stereocenters. The van der Waals surface area contributed by atoms with Crippen LogP contribution in [0.3, 0.4) is 0 Å². The highest BCUT2D eigenvalue weighted by Gasteiger charge is 2.46. The molecular formula is C25H24ClFN2O3. The molecule has 32 heavy (non-hydrogen) atoms. The third-order valence-electron chi connectivity index (χ3n) is 5.95. The molecule has 166 valence electrons. The normalized spacial score (nSPS) is 20.3. The maximum absolute atomic E-state index is 13.6.